The Morgan fingerprint density at radius 2 is 1.76 bits per heavy atom. The lowest BCUT2D eigenvalue weighted by molar-refractivity contribution is -0.139. The number of nitrogens with one attached hydrogen (secondary N) is 1. The number of hydrogen-bond acceptors (Lipinski definition) is 6. The third-order valence-corrected chi connectivity index (χ3v) is 3.90. The average Bonchev–Trinajstić information content (AvgIpc) is 2.84. The molecule has 0 spiro atoms. The van der Waals surface area contributed by atoms with Crippen LogP contribution in [0.2, 0.25) is 0 Å². The highest BCUT2D eigenvalue weighted by Crippen LogP contribution is 2.33. The van der Waals surface area contributed by atoms with Gasteiger partial charge in [-0.05, 0) is 36.2 Å². The van der Waals surface area contributed by atoms with Crippen LogP contribution in [0.3, 0.4) is 0 Å². The summed E-state index contributed by atoms with van der Waals surface area (Å²) in [7, 11) is 1.34. The van der Waals surface area contributed by atoms with Gasteiger partial charge in [0.1, 0.15) is 5.75 Å². The summed E-state index contributed by atoms with van der Waals surface area (Å²) in [6.45, 7) is 1.83. The van der Waals surface area contributed by atoms with Gasteiger partial charge in [-0.15, -0.1) is 0 Å². The van der Waals surface area contributed by atoms with Gasteiger partial charge in [-0.2, -0.15) is 0 Å². The number of imide groups is 1. The van der Waals surface area contributed by atoms with E-state index in [1.165, 1.54) is 19.2 Å². The molecule has 0 aliphatic carbocycles. The van der Waals surface area contributed by atoms with E-state index in [-0.39, 0.29) is 35.0 Å². The van der Waals surface area contributed by atoms with Gasteiger partial charge in [0.2, 0.25) is 0 Å². The van der Waals surface area contributed by atoms with Crippen LogP contribution >= 0.6 is 0 Å². The van der Waals surface area contributed by atoms with E-state index in [9.17, 15) is 14.4 Å². The van der Waals surface area contributed by atoms with E-state index in [0.29, 0.717) is 5.75 Å². The summed E-state index contributed by atoms with van der Waals surface area (Å²) < 4.78 is 10.4. The van der Waals surface area contributed by atoms with Gasteiger partial charge >= 0.3 is 5.97 Å². The van der Waals surface area contributed by atoms with E-state index in [1.54, 1.807) is 12.1 Å². The number of esters is 1. The number of methoxy groups -OCH3 is 1. The Bertz CT molecular complexity index is 905. The van der Waals surface area contributed by atoms with Gasteiger partial charge in [0.05, 0.1) is 30.3 Å². The monoisotopic (exact) mass is 340 g/mol. The van der Waals surface area contributed by atoms with Gasteiger partial charge in [0.25, 0.3) is 11.8 Å². The smallest absolute Gasteiger partial charge is 0.309 e. The number of carbonyl (C=O) groups is 3. The Balaban J connectivity index is 1.88. The first-order valence-electron chi connectivity index (χ1n) is 7.52. The van der Waals surface area contributed by atoms with E-state index >= 15 is 0 Å². The average molecular weight is 340 g/mol. The fraction of sp³-hybridized carbons (Fsp3) is 0.167. The highest BCUT2D eigenvalue weighted by Gasteiger charge is 2.28. The molecule has 0 atom stereocenters. The fourth-order valence-corrected chi connectivity index (χ4v) is 2.59. The molecule has 7 nitrogen and oxygen atoms in total. The number of rotatable bonds is 4. The number of fused-ring (bicyclic) bond motifs is 1. The molecule has 7 heteroatoms. The van der Waals surface area contributed by atoms with Crippen molar-refractivity contribution in [1.29, 1.82) is 0 Å². The number of carbonyl (C=O) groups excluding carboxylic acids is 3. The van der Waals surface area contributed by atoms with Crippen LogP contribution in [-0.2, 0) is 16.0 Å². The number of amides is 2. The van der Waals surface area contributed by atoms with Crippen molar-refractivity contribution in [3.63, 3.8) is 0 Å². The van der Waals surface area contributed by atoms with Crippen molar-refractivity contribution < 1.29 is 23.9 Å². The molecular weight excluding hydrogens is 324 g/mol. The lowest BCUT2D eigenvalue weighted by Gasteiger charge is -2.13. The largest absolute Gasteiger partial charge is 0.469 e. The SMILES string of the molecule is COC(=O)Cc1ccc(Oc2cc3c(cc2N)C(=O)NC3=O)c(C)c1. The second-order valence-corrected chi connectivity index (χ2v) is 5.67. The van der Waals surface area contributed by atoms with Crippen LogP contribution in [0.4, 0.5) is 5.69 Å². The van der Waals surface area contributed by atoms with Crippen LogP contribution in [0.25, 0.3) is 0 Å². The van der Waals surface area contributed by atoms with Crippen molar-refractivity contribution in [2.45, 2.75) is 13.3 Å². The number of nitrogens with two attached hydrogens (primary N) is 1. The third-order valence-electron chi connectivity index (χ3n) is 3.90. The molecule has 25 heavy (non-hydrogen) atoms. The first-order chi connectivity index (χ1) is 11.9. The molecule has 0 fully saturated rings. The van der Waals surface area contributed by atoms with Crippen LogP contribution in [0, 0.1) is 6.92 Å². The normalized spacial score (nSPS) is 12.6. The first kappa shape index (κ1) is 16.5. The Morgan fingerprint density at radius 1 is 1.08 bits per heavy atom. The molecule has 0 aromatic heterocycles. The van der Waals surface area contributed by atoms with Crippen LogP contribution in [0.5, 0.6) is 11.5 Å². The zero-order valence-electron chi connectivity index (χ0n) is 13.7. The molecule has 0 radical (unpaired) electrons. The van der Waals surface area contributed by atoms with Crippen molar-refractivity contribution in [3.8, 4) is 11.5 Å². The summed E-state index contributed by atoms with van der Waals surface area (Å²) in [5.74, 6) is -0.458. The lowest BCUT2D eigenvalue weighted by Crippen LogP contribution is -2.19. The minimum Gasteiger partial charge on any atom is -0.469 e. The van der Waals surface area contributed by atoms with Crippen LogP contribution in [0.1, 0.15) is 31.8 Å². The van der Waals surface area contributed by atoms with E-state index in [4.69, 9.17) is 10.5 Å². The van der Waals surface area contributed by atoms with E-state index in [2.05, 4.69) is 10.1 Å². The number of benzene rings is 2. The van der Waals surface area contributed by atoms with Gasteiger partial charge in [-0.25, -0.2) is 0 Å². The van der Waals surface area contributed by atoms with Gasteiger partial charge in [0, 0.05) is 0 Å². The molecular formula is C18H16N2O5. The molecule has 0 bridgehead atoms. The second-order valence-electron chi connectivity index (χ2n) is 5.67. The maximum atomic E-state index is 11.8. The summed E-state index contributed by atoms with van der Waals surface area (Å²) >= 11 is 0. The van der Waals surface area contributed by atoms with Crippen LogP contribution in [-0.4, -0.2) is 24.9 Å². The van der Waals surface area contributed by atoms with Gasteiger partial charge in [0.15, 0.2) is 5.75 Å². The Labute approximate surface area is 143 Å². The van der Waals surface area contributed by atoms with Gasteiger partial charge in [-0.1, -0.05) is 12.1 Å². The maximum Gasteiger partial charge on any atom is 0.309 e. The topological polar surface area (TPSA) is 108 Å². The quantitative estimate of drug-likeness (QED) is 0.500. The first-order valence-corrected chi connectivity index (χ1v) is 7.52. The summed E-state index contributed by atoms with van der Waals surface area (Å²) in [4.78, 5) is 34.7. The van der Waals surface area contributed by atoms with E-state index < -0.39 is 11.8 Å². The number of hydrogen-bond donors (Lipinski definition) is 2. The summed E-state index contributed by atoms with van der Waals surface area (Å²) in [5, 5.41) is 2.21. The molecule has 1 aliphatic heterocycles. The molecule has 0 unspecified atom stereocenters. The number of anilines is 1. The summed E-state index contributed by atoms with van der Waals surface area (Å²) in [6.07, 6.45) is 0.168. The van der Waals surface area contributed by atoms with Crippen LogP contribution < -0.4 is 15.8 Å². The molecule has 2 amide bonds. The zero-order valence-corrected chi connectivity index (χ0v) is 13.7. The molecule has 128 valence electrons. The highest BCUT2D eigenvalue weighted by atomic mass is 16.5. The zero-order chi connectivity index (χ0) is 18.1. The van der Waals surface area contributed by atoms with Gasteiger partial charge in [-0.3, -0.25) is 19.7 Å². The lowest BCUT2D eigenvalue weighted by atomic mass is 10.1. The maximum absolute atomic E-state index is 11.8. The Hall–Kier alpha value is -3.35. The highest BCUT2D eigenvalue weighted by molar-refractivity contribution is 6.22. The van der Waals surface area contributed by atoms with Crippen molar-refractivity contribution in [3.05, 3.63) is 52.6 Å². The Kier molecular flexibility index (Phi) is 4.14. The number of nitrogen functional groups attached to an aromatic ring is 1. The van der Waals surface area contributed by atoms with Crippen molar-refractivity contribution in [2.24, 2.45) is 0 Å². The second kappa shape index (κ2) is 6.27. The predicted octanol–water partition coefficient (Wildman–Crippen LogP) is 1.97. The predicted molar refractivity (Wildman–Crippen MR) is 89.6 cm³/mol. The molecule has 3 N–H and O–H groups in total. The molecule has 2 aromatic carbocycles. The van der Waals surface area contributed by atoms with Crippen molar-refractivity contribution in [2.75, 3.05) is 12.8 Å². The third kappa shape index (κ3) is 3.16. The van der Waals surface area contributed by atoms with Gasteiger partial charge < -0.3 is 15.2 Å². The van der Waals surface area contributed by atoms with Crippen LogP contribution in [0.15, 0.2) is 30.3 Å². The number of ether oxygens (including phenoxy) is 2. The molecule has 2 aromatic rings. The molecule has 0 saturated heterocycles. The Morgan fingerprint density at radius 3 is 2.40 bits per heavy atom. The molecule has 1 heterocycles. The fourth-order valence-electron chi connectivity index (χ4n) is 2.59. The number of aryl methyl sites for hydroxylation is 1. The minimum absolute atomic E-state index is 0.168. The minimum atomic E-state index is -0.477. The summed E-state index contributed by atoms with van der Waals surface area (Å²) in [5.41, 5.74) is 8.24. The summed E-state index contributed by atoms with van der Waals surface area (Å²) in [6, 6.07) is 8.15. The van der Waals surface area contributed by atoms with Crippen molar-refractivity contribution in [1.82, 2.24) is 5.32 Å². The molecule has 0 saturated carbocycles. The van der Waals surface area contributed by atoms with E-state index in [1.807, 2.05) is 13.0 Å². The molecule has 1 aliphatic rings. The molecule has 3 rings (SSSR count). The van der Waals surface area contributed by atoms with E-state index in [0.717, 1.165) is 11.1 Å². The van der Waals surface area contributed by atoms with Crippen molar-refractivity contribution >= 4 is 23.5 Å². The standard InChI is InChI=1S/C18H16N2O5/c1-9-5-10(6-16(21)24-2)3-4-14(9)25-15-8-12-11(7-13(15)19)17(22)20-18(12)23/h3-5,7-8H,6,19H2,1-2H3,(H,20,22,23).